The van der Waals surface area contributed by atoms with E-state index in [-0.39, 0.29) is 42.4 Å². The summed E-state index contributed by atoms with van der Waals surface area (Å²) in [5.41, 5.74) is 13.0. The van der Waals surface area contributed by atoms with Gasteiger partial charge in [-0.3, -0.25) is 0 Å². The van der Waals surface area contributed by atoms with Crippen LogP contribution >= 0.6 is 0 Å². The molecule has 0 spiro atoms. The fourth-order valence-electron chi connectivity index (χ4n) is 11.3. The van der Waals surface area contributed by atoms with E-state index in [0.717, 1.165) is 131 Å². The van der Waals surface area contributed by atoms with Crippen molar-refractivity contribution < 1.29 is 85.3 Å². The van der Waals surface area contributed by atoms with Crippen molar-refractivity contribution in [1.29, 1.82) is 0 Å². The Morgan fingerprint density at radius 3 is 0.902 bits per heavy atom. The smallest absolute Gasteiger partial charge is 0.223 e. The van der Waals surface area contributed by atoms with Crippen molar-refractivity contribution in [1.82, 2.24) is 0 Å². The Kier molecular flexibility index (Phi) is 31.7. The number of hydrogen-bond acceptors (Lipinski definition) is 18. The third-order valence-electron chi connectivity index (χ3n) is 18.9. The van der Waals surface area contributed by atoms with Gasteiger partial charge in [-0.1, -0.05) is 152 Å². The largest absolute Gasteiger partial charge is 0.491 e. The van der Waals surface area contributed by atoms with Gasteiger partial charge in [0.1, 0.15) is 154 Å². The monoisotopic (exact) mass is 1530 g/mol. The highest BCUT2D eigenvalue weighted by atomic mass is 16.8. The van der Waals surface area contributed by atoms with E-state index in [9.17, 15) is 0 Å². The van der Waals surface area contributed by atoms with Gasteiger partial charge in [-0.2, -0.15) is 0 Å². The second kappa shape index (κ2) is 42.3. The summed E-state index contributed by atoms with van der Waals surface area (Å²) in [4.78, 5) is 0. The number of para-hydroxylation sites is 3. The molecule has 9 aliphatic rings. The summed E-state index contributed by atoms with van der Waals surface area (Å²) in [6.07, 6.45) is 5.86. The van der Waals surface area contributed by atoms with Crippen LogP contribution in [0.25, 0.3) is 21.9 Å². The van der Waals surface area contributed by atoms with E-state index in [1.54, 1.807) is 0 Å². The molecule has 9 aliphatic heterocycles. The van der Waals surface area contributed by atoms with E-state index >= 15 is 0 Å². The van der Waals surface area contributed by atoms with Crippen LogP contribution in [0.15, 0.2) is 182 Å². The molecule has 0 saturated carbocycles. The van der Waals surface area contributed by atoms with Crippen LogP contribution in [-0.2, 0) is 48.0 Å². The summed E-state index contributed by atoms with van der Waals surface area (Å²) in [5, 5.41) is 2.16. The summed E-state index contributed by atoms with van der Waals surface area (Å²) in [6.45, 7) is 39.4. The Morgan fingerprint density at radius 1 is 0.295 bits per heavy atom. The molecule has 0 aromatic heterocycles. The molecular formula is C94H116O18. The van der Waals surface area contributed by atoms with E-state index in [1.165, 1.54) is 58.2 Å². The minimum atomic E-state index is -0.0870. The Morgan fingerprint density at radius 2 is 0.589 bits per heavy atom. The molecule has 600 valence electrons. The van der Waals surface area contributed by atoms with Gasteiger partial charge in [-0.15, -0.1) is 0 Å². The topological polar surface area (TPSA) is 196 Å². The Balaban J connectivity index is 0.000000134. The van der Waals surface area contributed by atoms with Gasteiger partial charge in [0.2, 0.25) is 12.6 Å². The minimum Gasteiger partial charge on any atom is -0.491 e. The number of fused-ring (bicyclic) bond motifs is 1. The summed E-state index contributed by atoms with van der Waals surface area (Å²) in [7, 11) is 0. The quantitative estimate of drug-likeness (QED) is 0.0401. The van der Waals surface area contributed by atoms with Crippen molar-refractivity contribution in [3.05, 3.63) is 232 Å². The number of epoxide rings is 9. The van der Waals surface area contributed by atoms with Gasteiger partial charge in [0, 0.05) is 10.8 Å². The normalized spacial score (nSPS) is 20.7. The van der Waals surface area contributed by atoms with Gasteiger partial charge in [-0.25, -0.2) is 0 Å². The van der Waals surface area contributed by atoms with Crippen molar-refractivity contribution in [2.24, 2.45) is 0 Å². The molecule has 0 N–H and O–H groups in total. The van der Waals surface area contributed by atoms with Crippen molar-refractivity contribution >= 4 is 10.8 Å². The zero-order chi connectivity index (χ0) is 78.8. The minimum absolute atomic E-state index is 0.0678. The lowest BCUT2D eigenvalue weighted by Gasteiger charge is -2.26. The number of ether oxygens (including phenoxy) is 18. The van der Waals surface area contributed by atoms with Crippen molar-refractivity contribution in [2.75, 3.05) is 106 Å². The van der Waals surface area contributed by atoms with Crippen LogP contribution in [0.4, 0.5) is 0 Å². The molecule has 9 fully saturated rings. The summed E-state index contributed by atoms with van der Waals surface area (Å²) < 4.78 is 97.3. The SMILES string of the molecule is CC(C)(c1ccc(OCC2CO2)cc1)c1ccc(OCC2CO2)cc1.CCC.CCCC.Cc1cc(-c2cc(C)c(OCC3CO3)c(C)c2)cc(C)c1OCC1CO1.Cc1ccccc1OCC1CO1.Cc1ccccc1OCC1CO1.Cc1ccccc1OCC1CO1.c1cc(OC2CO2)c2ccc(OC3CO3)cc2c1. The predicted molar refractivity (Wildman–Crippen MR) is 437 cm³/mol. The third-order valence-corrected chi connectivity index (χ3v) is 18.9. The lowest BCUT2D eigenvalue weighted by molar-refractivity contribution is 0.179. The van der Waals surface area contributed by atoms with Gasteiger partial charge in [0.05, 0.1) is 46.2 Å². The molecule has 112 heavy (non-hydrogen) atoms. The zero-order valence-electron chi connectivity index (χ0n) is 67.8. The molecule has 9 heterocycles. The second-order valence-electron chi connectivity index (χ2n) is 29.8. The molecule has 9 unspecified atom stereocenters. The maximum Gasteiger partial charge on any atom is 0.223 e. The highest BCUT2D eigenvalue weighted by molar-refractivity contribution is 5.89. The molecule has 0 bridgehead atoms. The van der Waals surface area contributed by atoms with Crippen LogP contribution in [0.1, 0.15) is 111 Å². The summed E-state index contributed by atoms with van der Waals surface area (Å²) >= 11 is 0. The molecule has 0 amide bonds. The van der Waals surface area contributed by atoms with Crippen LogP contribution in [0, 0.1) is 48.5 Å². The van der Waals surface area contributed by atoms with Crippen LogP contribution in [0.2, 0.25) is 0 Å². The average Bonchev–Trinajstić information content (AvgIpc) is 1.75. The van der Waals surface area contributed by atoms with Crippen LogP contribution < -0.4 is 42.6 Å². The molecular weight excluding hydrogens is 1420 g/mol. The molecule has 0 radical (unpaired) electrons. The van der Waals surface area contributed by atoms with Gasteiger partial charge in [0.25, 0.3) is 0 Å². The molecule has 18 heteroatoms. The molecule has 18 rings (SSSR count). The Labute approximate surface area is 663 Å². The third kappa shape index (κ3) is 29.2. The Bertz CT molecular complexity index is 4000. The highest BCUT2D eigenvalue weighted by Gasteiger charge is 2.31. The highest BCUT2D eigenvalue weighted by Crippen LogP contribution is 2.38. The Hall–Kier alpha value is -8.92. The zero-order valence-corrected chi connectivity index (χ0v) is 67.8. The first kappa shape index (κ1) is 84.0. The standard InChI is InChI=1S/C22H26O4.C21H24O4.C14H12O4.3C10H12O2.C4H10.C3H8/c1-13-5-17(6-14(2)21(13)25-11-19-9-23-19)18-7-15(3)22(16(4)8-18)26-12-20-10-24-20;1-21(2,15-3-7-17(8-4-15)22-11-19-13-24-19)16-5-9-18(10-6-16)23-12-20-14-25-20;1-2-9-6-10(17-13-7-15-13)4-5-11(9)12(3-1)18-14-8-16-14;3*1-8-4-2-3-5-10(8)12-7-9-6-11-9;1-3-4-2;1-3-2/h5-8,19-20H,9-12H2,1-4H3;3-10,19-20H,11-14H2,1-2H3;1-6,13-14H,7-8H2;3*2-5,9H,6-7H2,1H3;3-4H2,1-2H3;3H2,1-2H3. The first-order valence-electron chi connectivity index (χ1n) is 39.8. The lowest BCUT2D eigenvalue weighted by Crippen LogP contribution is -2.18. The van der Waals surface area contributed by atoms with Crippen LogP contribution in [0.3, 0.4) is 0 Å². The number of unbranched alkanes of at least 4 members (excludes halogenated alkanes) is 1. The average molecular weight is 1530 g/mol. The van der Waals surface area contributed by atoms with Crippen molar-refractivity contribution in [3.63, 3.8) is 0 Å². The van der Waals surface area contributed by atoms with E-state index < -0.39 is 0 Å². The lowest BCUT2D eigenvalue weighted by atomic mass is 9.78. The fraction of sp³-hybridized carbons (Fsp3) is 0.447. The van der Waals surface area contributed by atoms with E-state index in [4.69, 9.17) is 85.3 Å². The summed E-state index contributed by atoms with van der Waals surface area (Å²) in [6, 6.07) is 61.4. The van der Waals surface area contributed by atoms with Gasteiger partial charge >= 0.3 is 0 Å². The molecule has 18 nitrogen and oxygen atoms in total. The predicted octanol–water partition coefficient (Wildman–Crippen LogP) is 18.6. The van der Waals surface area contributed by atoms with Gasteiger partial charge in [0.15, 0.2) is 0 Å². The van der Waals surface area contributed by atoms with Crippen molar-refractivity contribution in [2.45, 2.75) is 170 Å². The second-order valence-corrected chi connectivity index (χ2v) is 29.8. The van der Waals surface area contributed by atoms with E-state index in [0.29, 0.717) is 77.8 Å². The molecule has 9 aromatic rings. The number of benzene rings is 9. The number of aryl methyl sites for hydroxylation is 7. The van der Waals surface area contributed by atoms with E-state index in [1.807, 2.05) is 154 Å². The maximum atomic E-state index is 5.95. The summed E-state index contributed by atoms with van der Waals surface area (Å²) in [5.74, 6) is 8.30. The first-order chi connectivity index (χ1) is 54.4. The van der Waals surface area contributed by atoms with Gasteiger partial charge < -0.3 is 85.3 Å². The van der Waals surface area contributed by atoms with Crippen molar-refractivity contribution in [3.8, 4) is 62.9 Å². The molecule has 9 atom stereocenters. The van der Waals surface area contributed by atoms with E-state index in [2.05, 4.69) is 118 Å². The van der Waals surface area contributed by atoms with Crippen LogP contribution in [0.5, 0.6) is 51.7 Å². The first-order valence-corrected chi connectivity index (χ1v) is 39.8. The number of hydrogen-bond donors (Lipinski definition) is 0. The fourth-order valence-corrected chi connectivity index (χ4v) is 11.3. The van der Waals surface area contributed by atoms with Crippen LogP contribution in [-0.4, -0.2) is 161 Å². The maximum absolute atomic E-state index is 5.95. The molecule has 9 aromatic carbocycles. The van der Waals surface area contributed by atoms with Gasteiger partial charge in [-0.05, 0) is 206 Å². The molecule has 9 saturated heterocycles. The number of rotatable bonds is 29. The molecule has 0 aliphatic carbocycles.